The lowest BCUT2D eigenvalue weighted by atomic mass is 9.54. The number of halogens is 1. The third-order valence-corrected chi connectivity index (χ3v) is 7.53. The lowest BCUT2D eigenvalue weighted by Gasteiger charge is -2.51. The van der Waals surface area contributed by atoms with Gasteiger partial charge in [-0.05, 0) is 75.5 Å². The van der Waals surface area contributed by atoms with Gasteiger partial charge in [-0.2, -0.15) is 0 Å². The van der Waals surface area contributed by atoms with Crippen LogP contribution in [0.5, 0.6) is 0 Å². The quantitative estimate of drug-likeness (QED) is 0.503. The second-order valence-electron chi connectivity index (χ2n) is 8.60. The molecule has 4 aliphatic carbocycles. The minimum Gasteiger partial charge on any atom is -0.462 e. The molecule has 6 atom stereocenters. The number of hydrogen-bond donors (Lipinski definition) is 0. The van der Waals surface area contributed by atoms with Gasteiger partial charge in [0.05, 0.1) is 0 Å². The first-order valence-electron chi connectivity index (χ1n) is 9.51. The van der Waals surface area contributed by atoms with E-state index in [9.17, 15) is 9.18 Å². The zero-order valence-electron chi connectivity index (χ0n) is 14.4. The highest BCUT2D eigenvalue weighted by Gasteiger charge is 2.56. The molecule has 2 saturated carbocycles. The summed E-state index contributed by atoms with van der Waals surface area (Å²) in [6, 6.07) is 0. The molecule has 0 aliphatic heterocycles. The molecule has 0 aromatic rings. The highest BCUT2D eigenvalue weighted by atomic mass is 19.1. The largest absolute Gasteiger partial charge is 0.462 e. The molecule has 2 nitrogen and oxygen atoms in total. The number of allylic oxidation sites excluding steroid dienone is 2. The van der Waals surface area contributed by atoms with Crippen molar-refractivity contribution in [2.75, 3.05) is 0 Å². The Balaban J connectivity index is 1.58. The molecule has 0 aromatic carbocycles. The van der Waals surface area contributed by atoms with E-state index in [2.05, 4.69) is 6.92 Å². The van der Waals surface area contributed by atoms with Crippen molar-refractivity contribution in [1.82, 2.24) is 0 Å². The maximum Gasteiger partial charge on any atom is 0.302 e. The Bertz CT molecular complexity index is 540. The first kappa shape index (κ1) is 15.7. The highest BCUT2D eigenvalue weighted by molar-refractivity contribution is 5.66. The van der Waals surface area contributed by atoms with Gasteiger partial charge in [-0.1, -0.05) is 18.1 Å². The van der Waals surface area contributed by atoms with Crippen molar-refractivity contribution in [1.29, 1.82) is 0 Å². The number of rotatable bonds is 1. The number of hydrogen-bond acceptors (Lipinski definition) is 2. The average Bonchev–Trinajstić information content (AvgIpc) is 2.83. The molecule has 0 bridgehead atoms. The van der Waals surface area contributed by atoms with Crippen molar-refractivity contribution in [3.63, 3.8) is 0 Å². The van der Waals surface area contributed by atoms with Gasteiger partial charge in [-0.15, -0.1) is 0 Å². The van der Waals surface area contributed by atoms with E-state index in [0.717, 1.165) is 38.0 Å². The second kappa shape index (κ2) is 5.60. The number of fused-ring (bicyclic) bond motifs is 4. The van der Waals surface area contributed by atoms with Gasteiger partial charge >= 0.3 is 5.97 Å². The first-order valence-corrected chi connectivity index (χ1v) is 9.51. The molecule has 4 rings (SSSR count). The van der Waals surface area contributed by atoms with Gasteiger partial charge in [0, 0.05) is 12.3 Å². The lowest BCUT2D eigenvalue weighted by molar-refractivity contribution is -0.155. The topological polar surface area (TPSA) is 26.3 Å². The number of esters is 1. The molecule has 0 heterocycles. The summed E-state index contributed by atoms with van der Waals surface area (Å²) in [5.41, 5.74) is 3.26. The zero-order chi connectivity index (χ0) is 16.2. The summed E-state index contributed by atoms with van der Waals surface area (Å²) in [7, 11) is 0. The van der Waals surface area contributed by atoms with Gasteiger partial charge in [-0.25, -0.2) is 4.39 Å². The van der Waals surface area contributed by atoms with E-state index in [-0.39, 0.29) is 17.5 Å². The smallest absolute Gasteiger partial charge is 0.302 e. The van der Waals surface area contributed by atoms with Crippen molar-refractivity contribution >= 4 is 5.97 Å². The summed E-state index contributed by atoms with van der Waals surface area (Å²) < 4.78 is 19.4. The summed E-state index contributed by atoms with van der Waals surface area (Å²) in [5.74, 6) is 1.99. The number of ether oxygens (including phenoxy) is 1. The number of alkyl halides is 1. The predicted octanol–water partition coefficient (Wildman–Crippen LogP) is 4.97. The first-order chi connectivity index (χ1) is 11.0. The van der Waals surface area contributed by atoms with Gasteiger partial charge in [0.1, 0.15) is 12.3 Å². The van der Waals surface area contributed by atoms with E-state index < -0.39 is 6.17 Å². The molecule has 3 heteroatoms. The summed E-state index contributed by atoms with van der Waals surface area (Å²) >= 11 is 0. The number of carbonyl (C=O) groups excluding carboxylic acids is 1. The fourth-order valence-electron chi connectivity index (χ4n) is 6.51. The van der Waals surface area contributed by atoms with Gasteiger partial charge in [-0.3, -0.25) is 4.79 Å². The fraction of sp³-hybridized carbons (Fsp3) is 0.850. The summed E-state index contributed by atoms with van der Waals surface area (Å²) in [4.78, 5) is 11.5. The minimum atomic E-state index is -0.598. The monoisotopic (exact) mass is 320 g/mol. The van der Waals surface area contributed by atoms with E-state index in [1.54, 1.807) is 5.57 Å². The molecule has 6 unspecified atom stereocenters. The summed E-state index contributed by atoms with van der Waals surface area (Å²) in [6.45, 7) is 3.90. The standard InChI is InChI=1S/C20H29FO2/c1-12(22)23-19-8-7-18-17-5-3-13-11-14(21)4-6-15(13)16(17)9-10-20(18,19)2/h14,16-19H,3-11H2,1-2H3. The fourth-order valence-corrected chi connectivity index (χ4v) is 6.51. The van der Waals surface area contributed by atoms with Crippen LogP contribution in [0, 0.1) is 23.2 Å². The van der Waals surface area contributed by atoms with Crippen LogP contribution >= 0.6 is 0 Å². The Morgan fingerprint density at radius 3 is 2.78 bits per heavy atom. The molecular formula is C20H29FO2. The maximum absolute atomic E-state index is 13.7. The van der Waals surface area contributed by atoms with Crippen LogP contribution in [0.15, 0.2) is 11.1 Å². The normalized spacial score (nSPS) is 46.0. The van der Waals surface area contributed by atoms with Crippen LogP contribution in [-0.2, 0) is 9.53 Å². The highest BCUT2D eigenvalue weighted by Crippen LogP contribution is 2.61. The van der Waals surface area contributed by atoms with Crippen LogP contribution in [0.25, 0.3) is 0 Å². The Morgan fingerprint density at radius 2 is 2.00 bits per heavy atom. The average molecular weight is 320 g/mol. The molecule has 23 heavy (non-hydrogen) atoms. The van der Waals surface area contributed by atoms with Gasteiger partial charge < -0.3 is 4.74 Å². The van der Waals surface area contributed by atoms with Crippen LogP contribution in [0.1, 0.15) is 71.6 Å². The molecule has 2 fully saturated rings. The van der Waals surface area contributed by atoms with Gasteiger partial charge in [0.25, 0.3) is 0 Å². The van der Waals surface area contributed by atoms with Crippen molar-refractivity contribution < 1.29 is 13.9 Å². The van der Waals surface area contributed by atoms with Crippen LogP contribution in [0.4, 0.5) is 4.39 Å². The Morgan fingerprint density at radius 1 is 1.17 bits per heavy atom. The van der Waals surface area contributed by atoms with Crippen molar-refractivity contribution in [2.24, 2.45) is 23.2 Å². The van der Waals surface area contributed by atoms with Crippen molar-refractivity contribution in [3.05, 3.63) is 11.1 Å². The minimum absolute atomic E-state index is 0.114. The van der Waals surface area contributed by atoms with E-state index in [4.69, 9.17) is 4.74 Å². The zero-order valence-corrected chi connectivity index (χ0v) is 14.4. The molecule has 0 spiro atoms. The van der Waals surface area contributed by atoms with E-state index in [1.807, 2.05) is 0 Å². The lowest BCUT2D eigenvalue weighted by Crippen LogP contribution is -2.46. The Hall–Kier alpha value is -0.860. The van der Waals surface area contributed by atoms with Crippen molar-refractivity contribution in [3.8, 4) is 0 Å². The Labute approximate surface area is 138 Å². The predicted molar refractivity (Wildman–Crippen MR) is 87.6 cm³/mol. The summed E-state index contributed by atoms with van der Waals surface area (Å²) in [5, 5.41) is 0. The second-order valence-corrected chi connectivity index (χ2v) is 8.60. The SMILES string of the molecule is CC(=O)OC1CCC2C3CCC4=C(CCC(F)C4)C3CCC12C. The third kappa shape index (κ3) is 2.46. The van der Waals surface area contributed by atoms with Crippen LogP contribution in [0.3, 0.4) is 0 Å². The van der Waals surface area contributed by atoms with Gasteiger partial charge in [0.2, 0.25) is 0 Å². The molecule has 128 valence electrons. The molecule has 0 saturated heterocycles. The molecule has 0 amide bonds. The maximum atomic E-state index is 13.7. The molecule has 0 N–H and O–H groups in total. The van der Waals surface area contributed by atoms with Crippen LogP contribution < -0.4 is 0 Å². The van der Waals surface area contributed by atoms with E-state index in [0.29, 0.717) is 18.3 Å². The molecule has 4 aliphatic rings. The van der Waals surface area contributed by atoms with Crippen molar-refractivity contribution in [2.45, 2.75) is 83.9 Å². The van der Waals surface area contributed by atoms with Crippen LogP contribution in [-0.4, -0.2) is 18.2 Å². The van der Waals surface area contributed by atoms with Crippen LogP contribution in [0.2, 0.25) is 0 Å². The van der Waals surface area contributed by atoms with Gasteiger partial charge in [0.15, 0.2) is 0 Å². The van der Waals surface area contributed by atoms with E-state index in [1.165, 1.54) is 31.8 Å². The Kier molecular flexibility index (Phi) is 3.81. The number of carbonyl (C=O) groups is 1. The molecule has 0 aromatic heterocycles. The third-order valence-electron chi connectivity index (χ3n) is 7.53. The van der Waals surface area contributed by atoms with E-state index >= 15 is 0 Å². The molecule has 0 radical (unpaired) electrons. The molecular weight excluding hydrogens is 291 g/mol. The summed E-state index contributed by atoms with van der Waals surface area (Å²) in [6.07, 6.45) is 8.89.